The normalized spacial score (nSPS) is 16.2. The third-order valence-electron chi connectivity index (χ3n) is 2.97. The molecule has 0 spiro atoms. The fourth-order valence-corrected chi connectivity index (χ4v) is 2.13. The number of carbonyl (C=O) groups excluding carboxylic acids is 1. The van der Waals surface area contributed by atoms with Gasteiger partial charge in [-0.05, 0) is 37.5 Å². The van der Waals surface area contributed by atoms with Gasteiger partial charge in [0, 0.05) is 10.5 Å². The third-order valence-corrected chi connectivity index (χ3v) is 3.47. The molecule has 1 aromatic rings. The minimum absolute atomic E-state index is 0.0160. The highest BCUT2D eigenvalue weighted by Crippen LogP contribution is 2.34. The molecule has 0 radical (unpaired) electrons. The number of amides is 1. The minimum atomic E-state index is -4.53. The Balaban J connectivity index is 2.28. The molecule has 0 saturated heterocycles. The summed E-state index contributed by atoms with van der Waals surface area (Å²) in [7, 11) is 0. The molecule has 0 bridgehead atoms. The first-order valence-corrected chi connectivity index (χ1v) is 6.35. The van der Waals surface area contributed by atoms with E-state index in [1.165, 1.54) is 12.1 Å². The zero-order valence-corrected chi connectivity index (χ0v) is 10.9. The standard InChI is InChI=1S/C12H11BrF3NO/c13-7-4-5-9(10(6-7)12(14,15)16)11(18)17-8-2-1-3-8/h4-6,8H,1-3H2,(H,17,18). The average molecular weight is 322 g/mol. The van der Waals surface area contributed by atoms with Crippen LogP contribution in [0, 0.1) is 0 Å². The van der Waals surface area contributed by atoms with Crippen LogP contribution in [0.5, 0.6) is 0 Å². The van der Waals surface area contributed by atoms with Gasteiger partial charge in [0.1, 0.15) is 0 Å². The molecule has 1 aromatic carbocycles. The molecule has 0 unspecified atom stereocenters. The lowest BCUT2D eigenvalue weighted by Gasteiger charge is -2.27. The summed E-state index contributed by atoms with van der Waals surface area (Å²) in [5, 5.41) is 2.61. The van der Waals surface area contributed by atoms with Crippen molar-refractivity contribution in [2.24, 2.45) is 0 Å². The van der Waals surface area contributed by atoms with E-state index in [1.54, 1.807) is 0 Å². The highest BCUT2D eigenvalue weighted by Gasteiger charge is 2.36. The molecular weight excluding hydrogens is 311 g/mol. The number of hydrogen-bond donors (Lipinski definition) is 1. The predicted octanol–water partition coefficient (Wildman–Crippen LogP) is 3.75. The molecule has 1 amide bonds. The molecule has 0 aromatic heterocycles. The maximum atomic E-state index is 12.8. The zero-order chi connectivity index (χ0) is 13.3. The second-order valence-electron chi connectivity index (χ2n) is 4.29. The summed E-state index contributed by atoms with van der Waals surface area (Å²) in [6.45, 7) is 0. The lowest BCUT2D eigenvalue weighted by atomic mass is 9.92. The van der Waals surface area contributed by atoms with Crippen LogP contribution in [0.2, 0.25) is 0 Å². The second-order valence-corrected chi connectivity index (χ2v) is 5.20. The van der Waals surface area contributed by atoms with Gasteiger partial charge in [0.05, 0.1) is 11.1 Å². The first kappa shape index (κ1) is 13.4. The van der Waals surface area contributed by atoms with Gasteiger partial charge in [-0.1, -0.05) is 15.9 Å². The molecular formula is C12H11BrF3NO. The van der Waals surface area contributed by atoms with E-state index in [0.717, 1.165) is 25.3 Å². The molecule has 2 rings (SSSR count). The maximum Gasteiger partial charge on any atom is 0.417 e. The van der Waals surface area contributed by atoms with Crippen LogP contribution < -0.4 is 5.32 Å². The van der Waals surface area contributed by atoms with Crippen LogP contribution in [0.15, 0.2) is 22.7 Å². The van der Waals surface area contributed by atoms with Crippen molar-refractivity contribution in [3.8, 4) is 0 Å². The van der Waals surface area contributed by atoms with Gasteiger partial charge in [0.2, 0.25) is 0 Å². The monoisotopic (exact) mass is 321 g/mol. The topological polar surface area (TPSA) is 29.1 Å². The number of rotatable bonds is 2. The highest BCUT2D eigenvalue weighted by atomic mass is 79.9. The second kappa shape index (κ2) is 4.91. The van der Waals surface area contributed by atoms with Gasteiger partial charge in [-0.3, -0.25) is 4.79 Å². The van der Waals surface area contributed by atoms with E-state index in [-0.39, 0.29) is 11.6 Å². The quantitative estimate of drug-likeness (QED) is 0.883. The highest BCUT2D eigenvalue weighted by molar-refractivity contribution is 9.10. The Bertz CT molecular complexity index is 469. The molecule has 0 aliphatic heterocycles. The van der Waals surface area contributed by atoms with E-state index in [9.17, 15) is 18.0 Å². The largest absolute Gasteiger partial charge is 0.417 e. The molecule has 1 aliphatic carbocycles. The van der Waals surface area contributed by atoms with E-state index in [1.807, 2.05) is 0 Å². The van der Waals surface area contributed by atoms with E-state index in [4.69, 9.17) is 0 Å². The lowest BCUT2D eigenvalue weighted by Crippen LogP contribution is -2.40. The van der Waals surface area contributed by atoms with Gasteiger partial charge >= 0.3 is 6.18 Å². The summed E-state index contributed by atoms with van der Waals surface area (Å²) in [4.78, 5) is 11.8. The lowest BCUT2D eigenvalue weighted by molar-refractivity contribution is -0.138. The molecule has 0 atom stereocenters. The van der Waals surface area contributed by atoms with Crippen molar-refractivity contribution in [2.45, 2.75) is 31.5 Å². The van der Waals surface area contributed by atoms with E-state index in [2.05, 4.69) is 21.2 Å². The fourth-order valence-electron chi connectivity index (χ4n) is 1.76. The first-order chi connectivity index (χ1) is 8.38. The van der Waals surface area contributed by atoms with Crippen molar-refractivity contribution >= 4 is 21.8 Å². The Morgan fingerprint density at radius 3 is 2.50 bits per heavy atom. The molecule has 1 saturated carbocycles. The van der Waals surface area contributed by atoms with Crippen LogP contribution in [-0.2, 0) is 6.18 Å². The summed E-state index contributed by atoms with van der Waals surface area (Å²) >= 11 is 2.98. The number of benzene rings is 1. The van der Waals surface area contributed by atoms with Crippen LogP contribution in [0.3, 0.4) is 0 Å². The number of halogens is 4. The van der Waals surface area contributed by atoms with Crippen molar-refractivity contribution in [1.82, 2.24) is 5.32 Å². The maximum absolute atomic E-state index is 12.8. The van der Waals surface area contributed by atoms with Gasteiger partial charge < -0.3 is 5.32 Å². The number of alkyl halides is 3. The van der Waals surface area contributed by atoms with Crippen LogP contribution in [0.1, 0.15) is 35.2 Å². The Labute approximate surface area is 111 Å². The average Bonchev–Trinajstić information content (AvgIpc) is 2.22. The van der Waals surface area contributed by atoms with Crippen LogP contribution in [-0.4, -0.2) is 11.9 Å². The van der Waals surface area contributed by atoms with E-state index < -0.39 is 17.6 Å². The Hall–Kier alpha value is -1.04. The van der Waals surface area contributed by atoms with Crippen molar-refractivity contribution in [3.63, 3.8) is 0 Å². The van der Waals surface area contributed by atoms with E-state index >= 15 is 0 Å². The zero-order valence-electron chi connectivity index (χ0n) is 9.35. The minimum Gasteiger partial charge on any atom is -0.349 e. The van der Waals surface area contributed by atoms with Gasteiger partial charge in [0.15, 0.2) is 0 Å². The molecule has 2 nitrogen and oxygen atoms in total. The summed E-state index contributed by atoms with van der Waals surface area (Å²) in [5.74, 6) is -0.653. The third kappa shape index (κ3) is 2.85. The molecule has 1 N–H and O–H groups in total. The summed E-state index contributed by atoms with van der Waals surface area (Å²) in [6.07, 6.45) is -1.85. The molecule has 0 heterocycles. The Morgan fingerprint density at radius 1 is 1.33 bits per heavy atom. The molecule has 1 fully saturated rings. The SMILES string of the molecule is O=C(NC1CCC1)c1ccc(Br)cc1C(F)(F)F. The van der Waals surface area contributed by atoms with Crippen molar-refractivity contribution in [2.75, 3.05) is 0 Å². The van der Waals surface area contributed by atoms with E-state index in [0.29, 0.717) is 4.47 Å². The summed E-state index contributed by atoms with van der Waals surface area (Å²) in [5.41, 5.74) is -1.23. The number of nitrogens with one attached hydrogen (secondary N) is 1. The number of hydrogen-bond acceptors (Lipinski definition) is 1. The Kier molecular flexibility index (Phi) is 3.66. The van der Waals surface area contributed by atoms with Gasteiger partial charge in [0.25, 0.3) is 5.91 Å². The van der Waals surface area contributed by atoms with Crippen LogP contribution >= 0.6 is 15.9 Å². The molecule has 98 valence electrons. The van der Waals surface area contributed by atoms with Crippen molar-refractivity contribution in [1.29, 1.82) is 0 Å². The van der Waals surface area contributed by atoms with Gasteiger partial charge in [-0.2, -0.15) is 13.2 Å². The van der Waals surface area contributed by atoms with Crippen LogP contribution in [0.4, 0.5) is 13.2 Å². The fraction of sp³-hybridized carbons (Fsp3) is 0.417. The smallest absolute Gasteiger partial charge is 0.349 e. The summed E-state index contributed by atoms with van der Waals surface area (Å²) in [6, 6.07) is 3.57. The molecule has 6 heteroatoms. The van der Waals surface area contributed by atoms with Crippen LogP contribution in [0.25, 0.3) is 0 Å². The summed E-state index contributed by atoms with van der Waals surface area (Å²) < 4.78 is 38.8. The molecule has 1 aliphatic rings. The van der Waals surface area contributed by atoms with Gasteiger partial charge in [-0.25, -0.2) is 0 Å². The number of carbonyl (C=O) groups is 1. The molecule has 18 heavy (non-hydrogen) atoms. The van der Waals surface area contributed by atoms with Crippen molar-refractivity contribution in [3.05, 3.63) is 33.8 Å². The predicted molar refractivity (Wildman–Crippen MR) is 64.2 cm³/mol. The first-order valence-electron chi connectivity index (χ1n) is 5.55. The van der Waals surface area contributed by atoms with Gasteiger partial charge in [-0.15, -0.1) is 0 Å². The van der Waals surface area contributed by atoms with Crippen molar-refractivity contribution < 1.29 is 18.0 Å². The Morgan fingerprint density at radius 2 is 2.00 bits per heavy atom.